The second-order valence-corrected chi connectivity index (χ2v) is 7.93. The van der Waals surface area contributed by atoms with Gasteiger partial charge in [-0.05, 0) is 49.4 Å². The van der Waals surface area contributed by atoms with E-state index in [1.165, 1.54) is 6.92 Å². The summed E-state index contributed by atoms with van der Waals surface area (Å²) in [6.07, 6.45) is 5.96. The number of fused-ring (bicyclic) bond motifs is 1. The molecule has 150 valence electrons. The van der Waals surface area contributed by atoms with E-state index in [-0.39, 0.29) is 17.7 Å². The highest BCUT2D eigenvalue weighted by Gasteiger charge is 2.56. The van der Waals surface area contributed by atoms with Gasteiger partial charge >= 0.3 is 0 Å². The van der Waals surface area contributed by atoms with Gasteiger partial charge in [-0.3, -0.25) is 9.59 Å². The van der Waals surface area contributed by atoms with Crippen LogP contribution in [0, 0.1) is 22.7 Å². The van der Waals surface area contributed by atoms with Crippen LogP contribution in [0.1, 0.15) is 26.2 Å². The van der Waals surface area contributed by atoms with E-state index in [4.69, 9.17) is 0 Å². The Balaban J connectivity index is 1.53. The van der Waals surface area contributed by atoms with E-state index in [1.807, 2.05) is 30.5 Å². The highest BCUT2D eigenvalue weighted by Crippen LogP contribution is 2.52. The standard InChI is InChI=1S/C22H20N6O2/c1-14(29)25-20-4-2-3-17(26-20)15-11-19-18(7-9-24-28(19)12-15)27-10-8-22(13-23,21(27)30)16-5-6-16/h2-4,7,9,11-12,16H,5-6,8,10H2,1H3,(H,25,26,29)/t22-/m1/s1. The first-order valence-corrected chi connectivity index (χ1v) is 9.97. The summed E-state index contributed by atoms with van der Waals surface area (Å²) in [5.41, 5.74) is 2.15. The average Bonchev–Trinajstić information content (AvgIpc) is 3.40. The highest BCUT2D eigenvalue weighted by molar-refractivity contribution is 6.05. The molecule has 0 aromatic carbocycles. The Morgan fingerprint density at radius 3 is 2.90 bits per heavy atom. The van der Waals surface area contributed by atoms with Gasteiger partial charge in [0.25, 0.3) is 0 Å². The minimum atomic E-state index is -0.885. The van der Waals surface area contributed by atoms with Gasteiger partial charge in [0.2, 0.25) is 11.8 Å². The molecule has 0 spiro atoms. The molecule has 8 heteroatoms. The normalized spacial score (nSPS) is 21.1. The number of nitrogens with one attached hydrogen (secondary N) is 1. The van der Waals surface area contributed by atoms with E-state index in [2.05, 4.69) is 21.5 Å². The number of anilines is 2. The van der Waals surface area contributed by atoms with Crippen molar-refractivity contribution in [3.8, 4) is 17.3 Å². The van der Waals surface area contributed by atoms with Gasteiger partial charge in [0.05, 0.1) is 23.0 Å². The lowest BCUT2D eigenvalue weighted by Gasteiger charge is -2.21. The molecular weight excluding hydrogens is 380 g/mol. The number of amides is 2. The smallest absolute Gasteiger partial charge is 0.247 e. The maximum Gasteiger partial charge on any atom is 0.247 e. The third-order valence-corrected chi connectivity index (χ3v) is 5.96. The zero-order chi connectivity index (χ0) is 20.9. The fourth-order valence-corrected chi connectivity index (χ4v) is 4.33. The van der Waals surface area contributed by atoms with Crippen LogP contribution < -0.4 is 10.2 Å². The Kier molecular flexibility index (Phi) is 4.07. The minimum Gasteiger partial charge on any atom is -0.311 e. The predicted molar refractivity (Wildman–Crippen MR) is 110 cm³/mol. The highest BCUT2D eigenvalue weighted by atomic mass is 16.2. The lowest BCUT2D eigenvalue weighted by atomic mass is 9.83. The van der Waals surface area contributed by atoms with Gasteiger partial charge in [-0.2, -0.15) is 10.4 Å². The zero-order valence-corrected chi connectivity index (χ0v) is 16.5. The molecule has 1 atom stereocenters. The Bertz CT molecular complexity index is 1220. The van der Waals surface area contributed by atoms with Gasteiger partial charge < -0.3 is 10.2 Å². The van der Waals surface area contributed by atoms with Crippen molar-refractivity contribution in [1.29, 1.82) is 5.26 Å². The molecule has 1 aliphatic carbocycles. The summed E-state index contributed by atoms with van der Waals surface area (Å²) >= 11 is 0. The number of nitrogens with zero attached hydrogens (tertiary/aromatic N) is 5. The van der Waals surface area contributed by atoms with Crippen LogP contribution in [0.2, 0.25) is 0 Å². The quantitative estimate of drug-likeness (QED) is 0.725. The summed E-state index contributed by atoms with van der Waals surface area (Å²) in [6.45, 7) is 1.96. The molecule has 3 aromatic heterocycles. The van der Waals surface area contributed by atoms with Gasteiger partial charge in [-0.15, -0.1) is 0 Å². The zero-order valence-electron chi connectivity index (χ0n) is 16.5. The molecule has 0 radical (unpaired) electrons. The Hall–Kier alpha value is -3.73. The molecule has 1 aliphatic heterocycles. The molecule has 30 heavy (non-hydrogen) atoms. The van der Waals surface area contributed by atoms with Gasteiger partial charge in [-0.25, -0.2) is 9.50 Å². The van der Waals surface area contributed by atoms with E-state index >= 15 is 0 Å². The Labute approximate surface area is 173 Å². The van der Waals surface area contributed by atoms with Crippen molar-refractivity contribution in [2.45, 2.75) is 26.2 Å². The van der Waals surface area contributed by atoms with Crippen LogP contribution in [0.25, 0.3) is 16.8 Å². The minimum absolute atomic E-state index is 0.103. The van der Waals surface area contributed by atoms with Gasteiger partial charge in [0.1, 0.15) is 11.2 Å². The summed E-state index contributed by atoms with van der Waals surface area (Å²) in [5, 5.41) is 16.8. The lowest BCUT2D eigenvalue weighted by Crippen LogP contribution is -2.35. The van der Waals surface area contributed by atoms with Gasteiger partial charge in [-0.1, -0.05) is 6.07 Å². The molecule has 1 saturated carbocycles. The maximum absolute atomic E-state index is 13.2. The largest absolute Gasteiger partial charge is 0.311 e. The second-order valence-electron chi connectivity index (χ2n) is 7.93. The summed E-state index contributed by atoms with van der Waals surface area (Å²) in [4.78, 5) is 30.8. The van der Waals surface area contributed by atoms with Crippen LogP contribution in [0.15, 0.2) is 42.7 Å². The third-order valence-electron chi connectivity index (χ3n) is 5.96. The van der Waals surface area contributed by atoms with Crippen molar-refractivity contribution in [3.05, 3.63) is 42.7 Å². The van der Waals surface area contributed by atoms with Crippen molar-refractivity contribution in [2.24, 2.45) is 11.3 Å². The number of hydrogen-bond donors (Lipinski definition) is 1. The van der Waals surface area contributed by atoms with Gasteiger partial charge in [0, 0.05) is 31.4 Å². The average molecular weight is 400 g/mol. The lowest BCUT2D eigenvalue weighted by molar-refractivity contribution is -0.123. The summed E-state index contributed by atoms with van der Waals surface area (Å²) in [5.74, 6) is 0.367. The van der Waals surface area contributed by atoms with E-state index in [1.54, 1.807) is 21.7 Å². The molecule has 2 amide bonds. The summed E-state index contributed by atoms with van der Waals surface area (Å²) < 4.78 is 1.72. The first-order chi connectivity index (χ1) is 14.5. The van der Waals surface area contributed by atoms with E-state index in [0.29, 0.717) is 24.5 Å². The predicted octanol–water partition coefficient (Wildman–Crippen LogP) is 3.01. The van der Waals surface area contributed by atoms with Crippen molar-refractivity contribution in [2.75, 3.05) is 16.8 Å². The SMILES string of the molecule is CC(=O)Nc1cccc(-c2cc3c(N4CC[C@@](C#N)(C5CC5)C4=O)ccnn3c2)n1. The van der Waals surface area contributed by atoms with Crippen LogP contribution in [-0.4, -0.2) is 33.0 Å². The van der Waals surface area contributed by atoms with Crippen molar-refractivity contribution < 1.29 is 9.59 Å². The number of nitriles is 1. The number of carbonyl (C=O) groups excluding carboxylic acids is 2. The molecule has 3 aromatic rings. The topological polar surface area (TPSA) is 103 Å². The number of hydrogen-bond acceptors (Lipinski definition) is 5. The van der Waals surface area contributed by atoms with Crippen LogP contribution in [-0.2, 0) is 9.59 Å². The fourth-order valence-electron chi connectivity index (χ4n) is 4.33. The van der Waals surface area contributed by atoms with Crippen LogP contribution >= 0.6 is 0 Å². The van der Waals surface area contributed by atoms with E-state index in [9.17, 15) is 14.9 Å². The first-order valence-electron chi connectivity index (χ1n) is 9.97. The molecule has 1 N–H and O–H groups in total. The molecule has 2 fully saturated rings. The van der Waals surface area contributed by atoms with E-state index < -0.39 is 5.41 Å². The number of pyridine rings is 1. The number of rotatable bonds is 4. The number of aromatic nitrogens is 3. The molecule has 4 heterocycles. The monoisotopic (exact) mass is 400 g/mol. The molecule has 2 aliphatic rings. The fraction of sp³-hybridized carbons (Fsp3) is 0.318. The summed E-state index contributed by atoms with van der Waals surface area (Å²) in [7, 11) is 0. The van der Waals surface area contributed by atoms with Crippen LogP contribution in [0.3, 0.4) is 0 Å². The molecule has 8 nitrogen and oxygen atoms in total. The number of carbonyl (C=O) groups is 2. The maximum atomic E-state index is 13.2. The molecule has 1 saturated heterocycles. The van der Waals surface area contributed by atoms with Crippen molar-refractivity contribution >= 4 is 28.8 Å². The molecule has 0 bridgehead atoms. The Morgan fingerprint density at radius 2 is 2.17 bits per heavy atom. The second kappa shape index (κ2) is 6.66. The van der Waals surface area contributed by atoms with Crippen molar-refractivity contribution in [1.82, 2.24) is 14.6 Å². The molecule has 0 unspecified atom stereocenters. The van der Waals surface area contributed by atoms with Crippen LogP contribution in [0.5, 0.6) is 0 Å². The Morgan fingerprint density at radius 1 is 1.33 bits per heavy atom. The van der Waals surface area contributed by atoms with Gasteiger partial charge in [0.15, 0.2) is 0 Å². The summed E-state index contributed by atoms with van der Waals surface area (Å²) in [6, 6.07) is 11.5. The van der Waals surface area contributed by atoms with Crippen molar-refractivity contribution in [3.63, 3.8) is 0 Å². The third kappa shape index (κ3) is 2.82. The van der Waals surface area contributed by atoms with E-state index in [0.717, 1.165) is 29.6 Å². The molecular formula is C22H20N6O2. The first kappa shape index (κ1) is 18.3. The van der Waals surface area contributed by atoms with Crippen LogP contribution in [0.4, 0.5) is 11.5 Å². The molecule has 5 rings (SSSR count).